The van der Waals surface area contributed by atoms with Gasteiger partial charge in [0.2, 0.25) is 5.91 Å². The smallest absolute Gasteiger partial charge is 0.220 e. The molecule has 1 aromatic carbocycles. The van der Waals surface area contributed by atoms with Crippen LogP contribution in [-0.2, 0) is 20.7 Å². The molecule has 14 heteroatoms. The molecule has 5 rings (SSSR count). The Hall–Kier alpha value is -3.33. The summed E-state index contributed by atoms with van der Waals surface area (Å²) in [5.41, 5.74) is 0.596. The molecule has 2 aromatic heterocycles. The first-order valence-corrected chi connectivity index (χ1v) is 11.5. The molecule has 4 heterocycles. The maximum absolute atomic E-state index is 13.7. The Labute approximate surface area is 208 Å². The summed E-state index contributed by atoms with van der Waals surface area (Å²) in [6, 6.07) is 2.38. The lowest BCUT2D eigenvalue weighted by molar-refractivity contribution is -0.212. The second-order valence-electron chi connectivity index (χ2n) is 9.04. The molecule has 2 aliphatic heterocycles. The van der Waals surface area contributed by atoms with Gasteiger partial charge in [-0.3, -0.25) is 4.79 Å². The van der Waals surface area contributed by atoms with Gasteiger partial charge in [0.1, 0.15) is 35.8 Å². The Kier molecular flexibility index (Phi) is 6.98. The zero-order chi connectivity index (χ0) is 26.3. The molecule has 198 valence electrons. The Morgan fingerprint density at radius 1 is 1.22 bits per heavy atom. The molecule has 0 spiro atoms. The fourth-order valence-corrected chi connectivity index (χ4v) is 4.82. The summed E-state index contributed by atoms with van der Waals surface area (Å²) in [5.74, 6) is -4.08. The highest BCUT2D eigenvalue weighted by molar-refractivity contribution is 5.79. The second kappa shape index (κ2) is 10.2. The van der Waals surface area contributed by atoms with E-state index >= 15 is 0 Å². The van der Waals surface area contributed by atoms with Crippen LogP contribution in [0, 0.1) is 17.5 Å². The number of rotatable bonds is 7. The van der Waals surface area contributed by atoms with E-state index in [0.717, 1.165) is 12.1 Å². The Bertz CT molecular complexity index is 1260. The molecular weight excluding hydrogens is 499 g/mol. The molecule has 2 fully saturated rings. The summed E-state index contributed by atoms with van der Waals surface area (Å²) in [4.78, 5) is 11.5. The van der Waals surface area contributed by atoms with E-state index < -0.39 is 54.5 Å². The van der Waals surface area contributed by atoms with Crippen molar-refractivity contribution in [2.24, 2.45) is 0 Å². The molecule has 0 bridgehead atoms. The van der Waals surface area contributed by atoms with Gasteiger partial charge in [0, 0.05) is 44.0 Å². The number of nitrogens with one attached hydrogen (secondary N) is 1. The molecule has 2 saturated heterocycles. The van der Waals surface area contributed by atoms with Crippen molar-refractivity contribution >= 4 is 5.91 Å². The van der Waals surface area contributed by atoms with Crippen LogP contribution >= 0.6 is 0 Å². The number of amides is 1. The van der Waals surface area contributed by atoms with Crippen molar-refractivity contribution in [2.45, 2.75) is 49.2 Å². The van der Waals surface area contributed by atoms with Crippen LogP contribution in [0.1, 0.15) is 29.8 Å². The van der Waals surface area contributed by atoms with E-state index in [-0.39, 0.29) is 29.5 Å². The van der Waals surface area contributed by atoms with Crippen LogP contribution in [-0.4, -0.2) is 80.9 Å². The van der Waals surface area contributed by atoms with E-state index in [2.05, 4.69) is 20.8 Å². The highest BCUT2D eigenvalue weighted by atomic mass is 19.2. The maximum atomic E-state index is 13.7. The van der Waals surface area contributed by atoms with Gasteiger partial charge >= 0.3 is 0 Å². The molecule has 6 atom stereocenters. The van der Waals surface area contributed by atoms with Crippen LogP contribution in [0.2, 0.25) is 0 Å². The van der Waals surface area contributed by atoms with E-state index in [1.165, 1.54) is 18.0 Å². The lowest BCUT2D eigenvalue weighted by Crippen LogP contribution is -2.57. The second-order valence-corrected chi connectivity index (χ2v) is 9.04. The number of carbonyl (C=O) groups excluding carboxylic acids is 1. The average Bonchev–Trinajstić information content (AvgIpc) is 3.64. The van der Waals surface area contributed by atoms with Gasteiger partial charge in [-0.2, -0.15) is 0 Å². The summed E-state index contributed by atoms with van der Waals surface area (Å²) in [7, 11) is 1.41. The minimum absolute atomic E-state index is 0.0306. The Morgan fingerprint density at radius 3 is 2.62 bits per heavy atom. The van der Waals surface area contributed by atoms with Crippen molar-refractivity contribution in [2.75, 3.05) is 20.3 Å². The fraction of sp³-hybridized carbons (Fsp3) is 0.478. The number of nitrogens with zero attached hydrogens (tertiary/aromatic N) is 4. The van der Waals surface area contributed by atoms with Crippen molar-refractivity contribution < 1.29 is 42.2 Å². The third-order valence-corrected chi connectivity index (χ3v) is 6.71. The van der Waals surface area contributed by atoms with Crippen molar-refractivity contribution in [1.82, 2.24) is 25.5 Å². The number of benzene rings is 1. The summed E-state index contributed by atoms with van der Waals surface area (Å²) < 4.78 is 59.1. The number of ether oxygens (including phenoxy) is 2. The molecule has 37 heavy (non-hydrogen) atoms. The lowest BCUT2D eigenvalue weighted by atomic mass is 9.90. The molecule has 2 aliphatic rings. The van der Waals surface area contributed by atoms with Gasteiger partial charge in [0.05, 0.1) is 24.6 Å². The molecule has 3 N–H and O–H groups in total. The Morgan fingerprint density at radius 2 is 1.97 bits per heavy atom. The van der Waals surface area contributed by atoms with E-state index in [4.69, 9.17) is 14.0 Å². The first kappa shape index (κ1) is 25.3. The predicted molar refractivity (Wildman–Crippen MR) is 117 cm³/mol. The van der Waals surface area contributed by atoms with Crippen LogP contribution < -0.4 is 5.32 Å². The molecular formula is C23H24F3N5O6. The van der Waals surface area contributed by atoms with Crippen LogP contribution in [0.5, 0.6) is 0 Å². The number of hydrogen-bond donors (Lipinski definition) is 3. The summed E-state index contributed by atoms with van der Waals surface area (Å²) in [5, 5.41) is 35.5. The van der Waals surface area contributed by atoms with E-state index in [1.54, 1.807) is 6.07 Å². The molecule has 1 amide bonds. The topological polar surface area (TPSA) is 145 Å². The van der Waals surface area contributed by atoms with E-state index in [0.29, 0.717) is 24.4 Å². The minimum atomic E-state index is -1.60. The fourth-order valence-electron chi connectivity index (χ4n) is 4.82. The highest BCUT2D eigenvalue weighted by Crippen LogP contribution is 2.35. The first-order chi connectivity index (χ1) is 17.8. The zero-order valence-corrected chi connectivity index (χ0v) is 19.6. The average molecular weight is 523 g/mol. The standard InChI is InChI=1S/C23H24F3N5O6/c1-35-23-17(6-12-5-15(29-37-12)11-4-19(33)27-7-11)36-18(9-32)22(34)21(23)31-8-16(28-30-31)10-2-13(24)20(26)14(25)3-10/h2-3,5,8,11,17-18,21-23,32,34H,4,6-7,9H2,1H3,(H,27,33)/t11?,17-,18-,21+,22+,23+/m1/s1. The van der Waals surface area contributed by atoms with Crippen LogP contribution in [0.4, 0.5) is 13.2 Å². The normalized spacial score (nSPS) is 28.0. The molecule has 3 aromatic rings. The van der Waals surface area contributed by atoms with E-state index in [1.807, 2.05) is 0 Å². The SMILES string of the molecule is CO[C@@H]1[C@@H](n2cc(-c3cc(F)c(F)c(F)c3)nn2)[C@@H](O)[C@@H](CO)O[C@@H]1Cc1cc(C2CNC(=O)C2)no1. The summed E-state index contributed by atoms with van der Waals surface area (Å²) >= 11 is 0. The van der Waals surface area contributed by atoms with Gasteiger partial charge in [0.15, 0.2) is 17.5 Å². The number of aliphatic hydroxyl groups is 2. The molecule has 1 unspecified atom stereocenters. The van der Waals surface area contributed by atoms with Crippen LogP contribution in [0.3, 0.4) is 0 Å². The number of aromatic nitrogens is 4. The van der Waals surface area contributed by atoms with Gasteiger partial charge in [0.25, 0.3) is 0 Å². The van der Waals surface area contributed by atoms with Crippen LogP contribution in [0.15, 0.2) is 28.9 Å². The zero-order valence-electron chi connectivity index (χ0n) is 19.6. The highest BCUT2D eigenvalue weighted by Gasteiger charge is 2.47. The van der Waals surface area contributed by atoms with Crippen molar-refractivity contribution in [1.29, 1.82) is 0 Å². The van der Waals surface area contributed by atoms with Crippen molar-refractivity contribution in [3.63, 3.8) is 0 Å². The molecule has 0 radical (unpaired) electrons. The summed E-state index contributed by atoms with van der Waals surface area (Å²) in [6.45, 7) is -0.0547. The number of hydrogen-bond acceptors (Lipinski definition) is 9. The number of carbonyl (C=O) groups is 1. The molecule has 11 nitrogen and oxygen atoms in total. The van der Waals surface area contributed by atoms with Gasteiger partial charge in [-0.1, -0.05) is 10.4 Å². The monoisotopic (exact) mass is 523 g/mol. The van der Waals surface area contributed by atoms with E-state index in [9.17, 15) is 28.2 Å². The largest absolute Gasteiger partial charge is 0.394 e. The number of halogens is 3. The number of aliphatic hydroxyl groups excluding tert-OH is 2. The molecule has 0 aliphatic carbocycles. The predicted octanol–water partition coefficient (Wildman–Crippen LogP) is 0.873. The van der Waals surface area contributed by atoms with Crippen molar-refractivity contribution in [3.8, 4) is 11.3 Å². The van der Waals surface area contributed by atoms with Gasteiger partial charge < -0.3 is 29.5 Å². The van der Waals surface area contributed by atoms with Gasteiger partial charge in [-0.05, 0) is 12.1 Å². The third-order valence-electron chi connectivity index (χ3n) is 6.71. The number of methoxy groups -OCH3 is 1. The third kappa shape index (κ3) is 4.84. The molecule has 0 saturated carbocycles. The van der Waals surface area contributed by atoms with Gasteiger partial charge in [-0.15, -0.1) is 5.10 Å². The lowest BCUT2D eigenvalue weighted by Gasteiger charge is -2.43. The minimum Gasteiger partial charge on any atom is -0.394 e. The van der Waals surface area contributed by atoms with Gasteiger partial charge in [-0.25, -0.2) is 17.9 Å². The van der Waals surface area contributed by atoms with Crippen LogP contribution in [0.25, 0.3) is 11.3 Å². The first-order valence-electron chi connectivity index (χ1n) is 11.5. The quantitative estimate of drug-likeness (QED) is 0.384. The maximum Gasteiger partial charge on any atom is 0.220 e. The summed E-state index contributed by atoms with van der Waals surface area (Å²) in [6.07, 6.45) is -2.05. The Balaban J connectivity index is 1.40. The van der Waals surface area contributed by atoms with Crippen molar-refractivity contribution in [3.05, 3.63) is 53.3 Å².